The van der Waals surface area contributed by atoms with Crippen LogP contribution in [0.3, 0.4) is 0 Å². The highest BCUT2D eigenvalue weighted by Crippen LogP contribution is 2.25. The summed E-state index contributed by atoms with van der Waals surface area (Å²) in [7, 11) is 0. The average molecular weight is 401 g/mol. The van der Waals surface area contributed by atoms with Crippen molar-refractivity contribution in [2.45, 2.75) is 6.92 Å². The molecule has 1 aromatic heterocycles. The summed E-state index contributed by atoms with van der Waals surface area (Å²) >= 11 is 11.8. The Morgan fingerprint density at radius 2 is 1.63 bits per heavy atom. The smallest absolute Gasteiger partial charge is 0.257 e. The molecule has 0 radical (unpaired) electrons. The second-order valence-electron chi connectivity index (χ2n) is 5.65. The van der Waals surface area contributed by atoms with Crippen molar-refractivity contribution >= 4 is 40.6 Å². The van der Waals surface area contributed by atoms with Gasteiger partial charge in [0.2, 0.25) is 5.88 Å². The van der Waals surface area contributed by atoms with Gasteiger partial charge in [0.15, 0.2) is 5.78 Å². The summed E-state index contributed by atoms with van der Waals surface area (Å²) in [4.78, 5) is 27.7. The average Bonchev–Trinajstić information content (AvgIpc) is 2.66. The number of ketones is 1. The van der Waals surface area contributed by atoms with Crippen LogP contribution in [0.2, 0.25) is 10.0 Å². The van der Waals surface area contributed by atoms with E-state index in [9.17, 15) is 9.59 Å². The number of rotatable bonds is 5. The molecule has 2 aromatic carbocycles. The van der Waals surface area contributed by atoms with E-state index in [1.54, 1.807) is 54.6 Å². The van der Waals surface area contributed by atoms with Gasteiger partial charge in [-0.15, -0.1) is 0 Å². The fraction of sp³-hybridized carbons (Fsp3) is 0.0500. The highest BCUT2D eigenvalue weighted by Gasteiger charge is 2.09. The van der Waals surface area contributed by atoms with Crippen LogP contribution in [0.1, 0.15) is 27.6 Å². The van der Waals surface area contributed by atoms with Gasteiger partial charge >= 0.3 is 0 Å². The molecule has 0 unspecified atom stereocenters. The standard InChI is InChI=1S/C20H14Cl2N2O3/c1-12(25)13-2-6-16(7-3-13)27-19-9-4-14(11-23-19)20(26)24-15-5-8-17(21)18(22)10-15/h2-11H,1H3,(H,24,26). The monoisotopic (exact) mass is 400 g/mol. The molecular weight excluding hydrogens is 387 g/mol. The van der Waals surface area contributed by atoms with Crippen molar-refractivity contribution in [1.29, 1.82) is 0 Å². The van der Waals surface area contributed by atoms with Crippen LogP contribution < -0.4 is 10.1 Å². The van der Waals surface area contributed by atoms with E-state index >= 15 is 0 Å². The van der Waals surface area contributed by atoms with Gasteiger partial charge in [0.05, 0.1) is 15.6 Å². The van der Waals surface area contributed by atoms with E-state index in [0.29, 0.717) is 38.5 Å². The van der Waals surface area contributed by atoms with Gasteiger partial charge < -0.3 is 10.1 Å². The number of ether oxygens (including phenoxy) is 1. The summed E-state index contributed by atoms with van der Waals surface area (Å²) in [5, 5.41) is 3.48. The zero-order chi connectivity index (χ0) is 19.4. The maximum Gasteiger partial charge on any atom is 0.257 e. The highest BCUT2D eigenvalue weighted by atomic mass is 35.5. The van der Waals surface area contributed by atoms with E-state index in [-0.39, 0.29) is 11.7 Å². The Kier molecular flexibility index (Phi) is 5.74. The third kappa shape index (κ3) is 4.84. The van der Waals surface area contributed by atoms with Crippen molar-refractivity contribution < 1.29 is 14.3 Å². The molecule has 0 bridgehead atoms. The second-order valence-corrected chi connectivity index (χ2v) is 6.47. The number of hydrogen-bond donors (Lipinski definition) is 1. The fourth-order valence-electron chi connectivity index (χ4n) is 2.23. The Hall–Kier alpha value is -2.89. The van der Waals surface area contributed by atoms with Crippen LogP contribution in [-0.4, -0.2) is 16.7 Å². The Balaban J connectivity index is 1.66. The lowest BCUT2D eigenvalue weighted by Gasteiger charge is -2.08. The van der Waals surface area contributed by atoms with Gasteiger partial charge in [-0.1, -0.05) is 23.2 Å². The first kappa shape index (κ1) is 18.9. The van der Waals surface area contributed by atoms with Crippen LogP contribution in [0.25, 0.3) is 0 Å². The maximum atomic E-state index is 12.3. The van der Waals surface area contributed by atoms with Gasteiger partial charge in [-0.2, -0.15) is 0 Å². The van der Waals surface area contributed by atoms with Crippen molar-refractivity contribution in [3.8, 4) is 11.6 Å². The van der Waals surface area contributed by atoms with Gasteiger partial charge in [-0.3, -0.25) is 9.59 Å². The van der Waals surface area contributed by atoms with E-state index in [4.69, 9.17) is 27.9 Å². The molecule has 3 rings (SSSR count). The summed E-state index contributed by atoms with van der Waals surface area (Å²) < 4.78 is 5.61. The van der Waals surface area contributed by atoms with Crippen molar-refractivity contribution in [1.82, 2.24) is 4.98 Å². The lowest BCUT2D eigenvalue weighted by atomic mass is 10.1. The fourth-order valence-corrected chi connectivity index (χ4v) is 2.53. The van der Waals surface area contributed by atoms with Crippen LogP contribution in [0.5, 0.6) is 11.6 Å². The number of amides is 1. The normalized spacial score (nSPS) is 10.3. The number of carbonyl (C=O) groups is 2. The van der Waals surface area contributed by atoms with Crippen LogP contribution >= 0.6 is 23.2 Å². The number of halogens is 2. The molecule has 1 heterocycles. The molecule has 1 amide bonds. The molecule has 136 valence electrons. The summed E-state index contributed by atoms with van der Waals surface area (Å²) in [5.74, 6) is 0.521. The first-order valence-corrected chi connectivity index (χ1v) is 8.69. The predicted octanol–water partition coefficient (Wildman–Crippen LogP) is 5.64. The first-order chi connectivity index (χ1) is 12.9. The van der Waals surface area contributed by atoms with Crippen molar-refractivity contribution in [2.75, 3.05) is 5.32 Å². The molecule has 7 heteroatoms. The maximum absolute atomic E-state index is 12.3. The number of aromatic nitrogens is 1. The molecule has 27 heavy (non-hydrogen) atoms. The number of Topliss-reactive ketones (excluding diaryl/α,β-unsaturated/α-hetero) is 1. The summed E-state index contributed by atoms with van der Waals surface area (Å²) in [6, 6.07) is 14.7. The van der Waals surface area contributed by atoms with Crippen molar-refractivity contribution in [3.63, 3.8) is 0 Å². The molecule has 0 saturated heterocycles. The number of carbonyl (C=O) groups excluding carboxylic acids is 2. The summed E-state index contributed by atoms with van der Waals surface area (Å²) in [6.45, 7) is 1.50. The molecule has 1 N–H and O–H groups in total. The number of nitrogens with one attached hydrogen (secondary N) is 1. The first-order valence-electron chi connectivity index (χ1n) is 7.94. The zero-order valence-corrected chi connectivity index (χ0v) is 15.7. The molecule has 3 aromatic rings. The Labute approximate surface area is 165 Å². The minimum Gasteiger partial charge on any atom is -0.439 e. The lowest BCUT2D eigenvalue weighted by molar-refractivity contribution is 0.101. The Morgan fingerprint density at radius 1 is 0.926 bits per heavy atom. The van der Waals surface area contributed by atoms with Gasteiger partial charge in [-0.25, -0.2) is 4.98 Å². The number of nitrogens with zero attached hydrogens (tertiary/aromatic N) is 1. The van der Waals surface area contributed by atoms with E-state index in [2.05, 4.69) is 10.3 Å². The van der Waals surface area contributed by atoms with Gasteiger partial charge in [0, 0.05) is 23.5 Å². The molecule has 0 fully saturated rings. The molecule has 0 aliphatic heterocycles. The second kappa shape index (κ2) is 8.20. The number of benzene rings is 2. The summed E-state index contributed by atoms with van der Waals surface area (Å²) in [5.41, 5.74) is 1.49. The van der Waals surface area contributed by atoms with Crippen LogP contribution in [0.4, 0.5) is 5.69 Å². The Morgan fingerprint density at radius 3 is 2.22 bits per heavy atom. The van der Waals surface area contributed by atoms with Crippen molar-refractivity contribution in [3.05, 3.63) is 82.0 Å². The number of pyridine rings is 1. The molecule has 0 aliphatic rings. The van der Waals surface area contributed by atoms with E-state index in [0.717, 1.165) is 0 Å². The van der Waals surface area contributed by atoms with Crippen LogP contribution in [0.15, 0.2) is 60.8 Å². The van der Waals surface area contributed by atoms with Gasteiger partial charge in [0.1, 0.15) is 5.75 Å². The van der Waals surface area contributed by atoms with Crippen molar-refractivity contribution in [2.24, 2.45) is 0 Å². The quantitative estimate of drug-likeness (QED) is 0.562. The van der Waals surface area contributed by atoms with Gasteiger partial charge in [0.25, 0.3) is 5.91 Å². The van der Waals surface area contributed by atoms with E-state index < -0.39 is 0 Å². The summed E-state index contributed by atoms with van der Waals surface area (Å²) in [6.07, 6.45) is 1.41. The minimum absolute atomic E-state index is 0.0167. The van der Waals surface area contributed by atoms with E-state index in [1.165, 1.54) is 13.1 Å². The number of hydrogen-bond acceptors (Lipinski definition) is 4. The van der Waals surface area contributed by atoms with E-state index in [1.807, 2.05) is 0 Å². The third-order valence-corrected chi connectivity index (χ3v) is 4.40. The molecule has 0 spiro atoms. The number of anilines is 1. The largest absolute Gasteiger partial charge is 0.439 e. The molecule has 0 atom stereocenters. The minimum atomic E-state index is -0.335. The molecular formula is C20H14Cl2N2O3. The molecule has 0 saturated carbocycles. The Bertz CT molecular complexity index is 987. The van der Waals surface area contributed by atoms with Crippen LogP contribution in [0, 0.1) is 0 Å². The topological polar surface area (TPSA) is 68.3 Å². The van der Waals surface area contributed by atoms with Crippen LogP contribution in [-0.2, 0) is 0 Å². The third-order valence-electron chi connectivity index (χ3n) is 3.66. The molecule has 0 aliphatic carbocycles. The highest BCUT2D eigenvalue weighted by molar-refractivity contribution is 6.42. The predicted molar refractivity (Wildman–Crippen MR) is 105 cm³/mol. The zero-order valence-electron chi connectivity index (χ0n) is 14.2. The molecule has 5 nitrogen and oxygen atoms in total. The van der Waals surface area contributed by atoms with Gasteiger partial charge in [-0.05, 0) is 55.5 Å². The SMILES string of the molecule is CC(=O)c1ccc(Oc2ccc(C(=O)Nc3ccc(Cl)c(Cl)c3)cn2)cc1. The lowest BCUT2D eigenvalue weighted by Crippen LogP contribution is -2.12.